The SMILES string of the molecule is C=C[C@@H]1CC1(NC(=O)[C@@H]1C[C@@H](Oc2cc(-c3csc(NC(C)C)n3)nc3c(C)c(OC)ccc23)CN1C(=O)[C@@H](CC(=O)N1CCC(C(F)(F)F)CC1)C(C)(C)C)C(=O)N(C1CC1)S(=O)[O-]. The van der Waals surface area contributed by atoms with Crippen molar-refractivity contribution < 1.29 is 50.6 Å². The second kappa shape index (κ2) is 18.5. The van der Waals surface area contributed by atoms with Crippen molar-refractivity contribution >= 4 is 62.3 Å². The monoisotopic (exact) mass is 944 g/mol. The molecule has 2 aliphatic carbocycles. The summed E-state index contributed by atoms with van der Waals surface area (Å²) in [6, 6.07) is 3.73. The number of nitrogens with zero attached hydrogens (tertiary/aromatic N) is 5. The number of pyridine rings is 1. The number of amides is 4. The van der Waals surface area contributed by atoms with Crippen LogP contribution in [0, 0.1) is 30.1 Å². The number of nitrogens with one attached hydrogen (secondary N) is 2. The number of thiazole rings is 1. The van der Waals surface area contributed by atoms with Crippen molar-refractivity contribution in [3.05, 3.63) is 41.8 Å². The lowest BCUT2D eigenvalue weighted by Crippen LogP contribution is -2.57. The van der Waals surface area contributed by atoms with Gasteiger partial charge in [-0.3, -0.25) is 27.7 Å². The molecule has 0 spiro atoms. The van der Waals surface area contributed by atoms with Crippen molar-refractivity contribution in [2.24, 2.45) is 23.2 Å². The molecule has 2 N–H and O–H groups in total. The average molecular weight is 945 g/mol. The number of halogens is 3. The molecule has 15 nitrogen and oxygen atoms in total. The number of alkyl halides is 3. The number of rotatable bonds is 15. The van der Waals surface area contributed by atoms with Gasteiger partial charge in [-0.05, 0) is 70.4 Å². The maximum atomic E-state index is 15.0. The molecule has 2 saturated heterocycles. The zero-order valence-corrected chi connectivity index (χ0v) is 39.3. The van der Waals surface area contributed by atoms with Crippen LogP contribution < -0.4 is 20.1 Å². The van der Waals surface area contributed by atoms with E-state index in [-0.39, 0.29) is 57.8 Å². The van der Waals surface area contributed by atoms with Gasteiger partial charge in [0.1, 0.15) is 34.9 Å². The molecular weight excluding hydrogens is 888 g/mol. The molecule has 354 valence electrons. The lowest BCUT2D eigenvalue weighted by Gasteiger charge is -2.38. The summed E-state index contributed by atoms with van der Waals surface area (Å²) in [5, 5.41) is 9.36. The zero-order valence-electron chi connectivity index (χ0n) is 37.7. The number of hydrogen-bond acceptors (Lipinski definition) is 12. The smallest absolute Gasteiger partial charge is 0.391 e. The number of fused-ring (bicyclic) bond motifs is 1. The molecule has 0 radical (unpaired) electrons. The number of methoxy groups -OCH3 is 1. The van der Waals surface area contributed by atoms with E-state index < -0.39 is 88.0 Å². The molecule has 2 aromatic heterocycles. The molecule has 4 amide bonds. The van der Waals surface area contributed by atoms with Crippen LogP contribution in [0.3, 0.4) is 0 Å². The van der Waals surface area contributed by atoms with Crippen LogP contribution in [0.4, 0.5) is 18.3 Å². The van der Waals surface area contributed by atoms with Crippen LogP contribution in [0.5, 0.6) is 11.5 Å². The summed E-state index contributed by atoms with van der Waals surface area (Å²) in [4.78, 5) is 70.1. The predicted octanol–water partition coefficient (Wildman–Crippen LogP) is 6.54. The third-order valence-electron chi connectivity index (χ3n) is 13.0. The van der Waals surface area contributed by atoms with E-state index in [1.165, 1.54) is 27.2 Å². The van der Waals surface area contributed by atoms with Gasteiger partial charge in [-0.2, -0.15) is 13.2 Å². The lowest BCUT2D eigenvalue weighted by molar-refractivity contribution is -0.186. The van der Waals surface area contributed by atoms with Crippen LogP contribution in [0.15, 0.2) is 36.2 Å². The van der Waals surface area contributed by atoms with E-state index in [1.807, 2.05) is 32.2 Å². The minimum absolute atomic E-state index is 0.0520. The molecule has 1 aromatic carbocycles. The Bertz CT molecular complexity index is 2360. The molecule has 0 bridgehead atoms. The van der Waals surface area contributed by atoms with Crippen molar-refractivity contribution in [1.82, 2.24) is 29.4 Å². The van der Waals surface area contributed by atoms with Crippen LogP contribution in [0.1, 0.15) is 85.1 Å². The highest BCUT2D eigenvalue weighted by molar-refractivity contribution is 7.77. The molecule has 4 heterocycles. The minimum Gasteiger partial charge on any atom is -0.755 e. The topological polar surface area (TPSA) is 186 Å². The fourth-order valence-corrected chi connectivity index (χ4v) is 10.6. The number of hydrogen-bond donors (Lipinski definition) is 2. The highest BCUT2D eigenvalue weighted by Gasteiger charge is 2.63. The Kier molecular flexibility index (Phi) is 13.7. The van der Waals surface area contributed by atoms with Crippen LogP contribution in [0.2, 0.25) is 0 Å². The van der Waals surface area contributed by atoms with E-state index in [0.717, 1.165) is 9.87 Å². The van der Waals surface area contributed by atoms with Crippen molar-refractivity contribution in [2.75, 3.05) is 32.1 Å². The van der Waals surface area contributed by atoms with Crippen LogP contribution in [-0.2, 0) is 30.4 Å². The fraction of sp³-hybridized carbons (Fsp3) is 0.600. The van der Waals surface area contributed by atoms with Gasteiger partial charge in [-0.25, -0.2) is 9.97 Å². The number of carbonyl (C=O) groups is 4. The van der Waals surface area contributed by atoms with Gasteiger partial charge < -0.3 is 34.5 Å². The second-order valence-electron chi connectivity index (χ2n) is 19.0. The molecule has 7 rings (SSSR count). The number of anilines is 1. The van der Waals surface area contributed by atoms with Gasteiger partial charge in [0.15, 0.2) is 5.13 Å². The molecule has 20 heteroatoms. The van der Waals surface area contributed by atoms with Gasteiger partial charge in [0, 0.05) is 66.3 Å². The summed E-state index contributed by atoms with van der Waals surface area (Å²) in [6.45, 7) is 14.7. The largest absolute Gasteiger partial charge is 0.755 e. The van der Waals surface area contributed by atoms with Crippen molar-refractivity contribution in [2.45, 2.75) is 122 Å². The predicted molar refractivity (Wildman–Crippen MR) is 238 cm³/mol. The summed E-state index contributed by atoms with van der Waals surface area (Å²) in [6.07, 6.45) is -3.45. The highest BCUT2D eigenvalue weighted by Crippen LogP contribution is 2.48. The van der Waals surface area contributed by atoms with Crippen molar-refractivity contribution in [1.29, 1.82) is 0 Å². The van der Waals surface area contributed by atoms with Gasteiger partial charge in [0.2, 0.25) is 17.7 Å². The fourth-order valence-electron chi connectivity index (χ4n) is 8.99. The third-order valence-corrected chi connectivity index (χ3v) is 14.5. The van der Waals surface area contributed by atoms with E-state index in [9.17, 15) is 36.3 Å². The number of ether oxygens (including phenoxy) is 2. The number of aryl methyl sites for hydroxylation is 1. The van der Waals surface area contributed by atoms with Crippen LogP contribution in [-0.4, -0.2) is 119 Å². The van der Waals surface area contributed by atoms with Crippen LogP contribution >= 0.6 is 11.3 Å². The van der Waals surface area contributed by atoms with E-state index in [1.54, 1.807) is 40.0 Å². The normalized spacial score (nSPS) is 23.5. The van der Waals surface area contributed by atoms with E-state index in [4.69, 9.17) is 19.4 Å². The number of piperidine rings is 1. The Morgan fingerprint density at radius 3 is 2.35 bits per heavy atom. The molecule has 3 aromatic rings. The van der Waals surface area contributed by atoms with Gasteiger partial charge in [0.25, 0.3) is 5.91 Å². The molecule has 65 heavy (non-hydrogen) atoms. The quantitative estimate of drug-likeness (QED) is 0.124. The minimum atomic E-state index is -4.37. The maximum absolute atomic E-state index is 15.0. The first kappa shape index (κ1) is 48.1. The Morgan fingerprint density at radius 2 is 1.78 bits per heavy atom. The Hall–Kier alpha value is -4.82. The van der Waals surface area contributed by atoms with E-state index in [2.05, 4.69) is 17.2 Å². The van der Waals surface area contributed by atoms with Gasteiger partial charge >= 0.3 is 6.18 Å². The Morgan fingerprint density at radius 1 is 1.09 bits per heavy atom. The molecule has 6 atom stereocenters. The number of likely N-dealkylation sites (tertiary alicyclic amines) is 2. The number of benzene rings is 1. The van der Waals surface area contributed by atoms with Gasteiger partial charge in [-0.1, -0.05) is 26.8 Å². The molecule has 4 fully saturated rings. The Labute approximate surface area is 383 Å². The van der Waals surface area contributed by atoms with Crippen molar-refractivity contribution in [3.63, 3.8) is 0 Å². The Balaban J connectivity index is 1.22. The van der Waals surface area contributed by atoms with Crippen molar-refractivity contribution in [3.8, 4) is 22.9 Å². The summed E-state index contributed by atoms with van der Waals surface area (Å²) in [5.41, 5.74) is -0.0590. The summed E-state index contributed by atoms with van der Waals surface area (Å²) in [5.74, 6) is -4.63. The summed E-state index contributed by atoms with van der Waals surface area (Å²) >= 11 is -1.48. The first-order chi connectivity index (χ1) is 30.6. The van der Waals surface area contributed by atoms with E-state index >= 15 is 4.79 Å². The molecule has 2 aliphatic heterocycles. The van der Waals surface area contributed by atoms with E-state index in [0.29, 0.717) is 51.8 Å². The lowest BCUT2D eigenvalue weighted by atomic mass is 9.77. The van der Waals surface area contributed by atoms with Gasteiger partial charge in [0.05, 0.1) is 48.0 Å². The zero-order chi connectivity index (χ0) is 47.3. The molecule has 2 unspecified atom stereocenters. The first-order valence-corrected chi connectivity index (χ1v) is 23.9. The standard InChI is InChI=1S/C45H58F3N7O8S2/c1-9-26-21-44(26,41(59)55(65(60)61)28-10-11-28)52-39(57)34-18-29(22-54(34)40(58)31(43(5,6)7)19-37(56)53-16-14-27(15-17-53)45(46,47)48)63-36-20-32(33-23-64-42(51-33)49-24(2)3)50-38-25(4)35(62-8)13-12-30(36)38/h9,12-13,20,23-24,26-29,31,34H,1,10-11,14-19,21-22H2,2-8H3,(H,49,51)(H,52,57)(H,60,61)/p-1/t26-,29-,31-,34+,44?/m1/s1. The number of carbonyl (C=O) groups excluding carboxylic acids is 4. The molecule has 2 saturated carbocycles. The van der Waals surface area contributed by atoms with Gasteiger partial charge in [-0.15, -0.1) is 17.9 Å². The molecule has 4 aliphatic rings. The summed E-state index contributed by atoms with van der Waals surface area (Å²) < 4.78 is 78.3. The highest BCUT2D eigenvalue weighted by atomic mass is 32.2. The summed E-state index contributed by atoms with van der Waals surface area (Å²) in [7, 11) is 1.56. The van der Waals surface area contributed by atoms with Crippen LogP contribution in [0.25, 0.3) is 22.3 Å². The number of aromatic nitrogens is 2. The average Bonchev–Trinajstić information content (AvgIpc) is 4.11. The third kappa shape index (κ3) is 10.1. The first-order valence-electron chi connectivity index (χ1n) is 22.0. The molecular formula is C45H57F3N7O8S2-. The second-order valence-corrected chi connectivity index (χ2v) is 20.7. The maximum Gasteiger partial charge on any atom is 0.391 e.